The third-order valence-corrected chi connectivity index (χ3v) is 3.15. The lowest BCUT2D eigenvalue weighted by Crippen LogP contribution is -2.35. The van der Waals surface area contributed by atoms with Gasteiger partial charge < -0.3 is 14.8 Å². The molecule has 0 spiro atoms. The number of benzene rings is 1. The van der Waals surface area contributed by atoms with Gasteiger partial charge in [0.1, 0.15) is 5.75 Å². The molecule has 1 saturated heterocycles. The minimum atomic E-state index is 0.375. The standard InChI is InChI=1S/C13H19NO.C2H4O2/c1-15-13-7-5-11(6-8-13)10-12-4-2-3-9-14-12;1-4-2-3/h5-8,12,14H,2-4,9-10H2,1H3;2H,1H3/t12-;/m0./s1. The average molecular weight is 265 g/mol. The van der Waals surface area contributed by atoms with Gasteiger partial charge in [0.15, 0.2) is 0 Å². The van der Waals surface area contributed by atoms with Crippen LogP contribution in [0, 0.1) is 0 Å². The Morgan fingerprint density at radius 2 is 1.95 bits per heavy atom. The monoisotopic (exact) mass is 265 g/mol. The quantitative estimate of drug-likeness (QED) is 0.848. The molecule has 0 amide bonds. The first-order valence-corrected chi connectivity index (χ1v) is 6.63. The molecule has 0 unspecified atom stereocenters. The summed E-state index contributed by atoms with van der Waals surface area (Å²) in [7, 11) is 3.02. The molecule has 4 nitrogen and oxygen atoms in total. The smallest absolute Gasteiger partial charge is 0.292 e. The lowest BCUT2D eigenvalue weighted by atomic mass is 9.98. The largest absolute Gasteiger partial charge is 0.497 e. The lowest BCUT2D eigenvalue weighted by molar-refractivity contribution is -0.126. The van der Waals surface area contributed by atoms with Crippen LogP contribution in [0.3, 0.4) is 0 Å². The number of nitrogens with one attached hydrogen (secondary N) is 1. The fourth-order valence-electron chi connectivity index (χ4n) is 2.14. The zero-order chi connectivity index (χ0) is 13.9. The zero-order valence-electron chi connectivity index (χ0n) is 11.7. The van der Waals surface area contributed by atoms with Gasteiger partial charge >= 0.3 is 0 Å². The number of methoxy groups -OCH3 is 2. The third-order valence-electron chi connectivity index (χ3n) is 3.15. The van der Waals surface area contributed by atoms with Crippen LogP contribution in [0.4, 0.5) is 0 Å². The van der Waals surface area contributed by atoms with Crippen LogP contribution < -0.4 is 10.1 Å². The summed E-state index contributed by atoms with van der Waals surface area (Å²) in [6, 6.07) is 9.08. The van der Waals surface area contributed by atoms with E-state index in [0.29, 0.717) is 12.5 Å². The molecular weight excluding hydrogens is 242 g/mol. The van der Waals surface area contributed by atoms with E-state index in [9.17, 15) is 0 Å². The molecule has 1 heterocycles. The topological polar surface area (TPSA) is 47.6 Å². The van der Waals surface area contributed by atoms with Crippen molar-refractivity contribution in [3.63, 3.8) is 0 Å². The van der Waals surface area contributed by atoms with Gasteiger partial charge in [0.2, 0.25) is 0 Å². The highest BCUT2D eigenvalue weighted by Crippen LogP contribution is 2.16. The van der Waals surface area contributed by atoms with Crippen molar-refractivity contribution < 1.29 is 14.3 Å². The Hall–Kier alpha value is -1.55. The van der Waals surface area contributed by atoms with Crippen LogP contribution >= 0.6 is 0 Å². The Labute approximate surface area is 115 Å². The molecule has 0 bridgehead atoms. The molecular formula is C15H23NO3. The van der Waals surface area contributed by atoms with Crippen LogP contribution in [0.5, 0.6) is 5.75 Å². The van der Waals surface area contributed by atoms with Crippen LogP contribution in [-0.2, 0) is 16.0 Å². The molecule has 1 aromatic rings. The number of carbonyl (C=O) groups is 1. The molecule has 1 atom stereocenters. The highest BCUT2D eigenvalue weighted by molar-refractivity contribution is 5.36. The van der Waals surface area contributed by atoms with E-state index in [2.05, 4.69) is 22.2 Å². The van der Waals surface area contributed by atoms with E-state index in [1.807, 2.05) is 12.1 Å². The van der Waals surface area contributed by atoms with Gasteiger partial charge in [-0.2, -0.15) is 0 Å². The van der Waals surface area contributed by atoms with E-state index < -0.39 is 0 Å². The van der Waals surface area contributed by atoms with E-state index in [1.54, 1.807) is 7.11 Å². The maximum Gasteiger partial charge on any atom is 0.292 e. The van der Waals surface area contributed by atoms with Crippen LogP contribution in [0.25, 0.3) is 0 Å². The summed E-state index contributed by atoms with van der Waals surface area (Å²) in [6.45, 7) is 1.56. The summed E-state index contributed by atoms with van der Waals surface area (Å²) in [4.78, 5) is 8.95. The predicted octanol–water partition coefficient (Wildman–Crippen LogP) is 2.17. The van der Waals surface area contributed by atoms with E-state index >= 15 is 0 Å². The first-order chi connectivity index (χ1) is 9.30. The summed E-state index contributed by atoms with van der Waals surface area (Å²) in [5, 5.41) is 3.56. The molecule has 1 N–H and O–H groups in total. The normalized spacial score (nSPS) is 17.9. The second kappa shape index (κ2) is 9.39. The zero-order valence-corrected chi connectivity index (χ0v) is 11.7. The minimum Gasteiger partial charge on any atom is -0.497 e. The van der Waals surface area contributed by atoms with Crippen molar-refractivity contribution in [1.82, 2.24) is 5.32 Å². The number of piperidine rings is 1. The van der Waals surface area contributed by atoms with Gasteiger partial charge in [0, 0.05) is 6.04 Å². The first-order valence-electron chi connectivity index (χ1n) is 6.63. The number of rotatable bonds is 4. The van der Waals surface area contributed by atoms with Crippen molar-refractivity contribution in [3.05, 3.63) is 29.8 Å². The molecule has 4 heteroatoms. The average Bonchev–Trinajstić information content (AvgIpc) is 2.49. The molecule has 0 aliphatic carbocycles. The fraction of sp³-hybridized carbons (Fsp3) is 0.533. The molecule has 19 heavy (non-hydrogen) atoms. The molecule has 1 aliphatic heterocycles. The molecule has 0 aromatic heterocycles. The predicted molar refractivity (Wildman–Crippen MR) is 75.4 cm³/mol. The molecule has 2 rings (SSSR count). The van der Waals surface area contributed by atoms with E-state index in [-0.39, 0.29) is 0 Å². The van der Waals surface area contributed by atoms with Crippen molar-refractivity contribution >= 4 is 6.47 Å². The second-order valence-electron chi connectivity index (χ2n) is 4.53. The second-order valence-corrected chi connectivity index (χ2v) is 4.53. The van der Waals surface area contributed by atoms with Gasteiger partial charge in [-0.3, -0.25) is 4.79 Å². The summed E-state index contributed by atoms with van der Waals surface area (Å²) in [5.41, 5.74) is 1.40. The number of hydrogen-bond acceptors (Lipinski definition) is 4. The van der Waals surface area contributed by atoms with Gasteiger partial charge in [-0.25, -0.2) is 0 Å². The van der Waals surface area contributed by atoms with Crippen LogP contribution in [0.1, 0.15) is 24.8 Å². The highest BCUT2D eigenvalue weighted by atomic mass is 16.5. The van der Waals surface area contributed by atoms with Crippen LogP contribution in [0.2, 0.25) is 0 Å². The Balaban J connectivity index is 0.000000399. The summed E-state index contributed by atoms with van der Waals surface area (Å²) < 4.78 is 9.00. The van der Waals surface area contributed by atoms with Crippen molar-refractivity contribution in [2.75, 3.05) is 20.8 Å². The Kier molecular flexibility index (Phi) is 7.66. The number of carbonyl (C=O) groups excluding carboxylic acids is 1. The maximum atomic E-state index is 8.95. The maximum absolute atomic E-state index is 8.95. The van der Waals surface area contributed by atoms with E-state index in [0.717, 1.165) is 12.2 Å². The van der Waals surface area contributed by atoms with Crippen molar-refractivity contribution in [2.24, 2.45) is 0 Å². The van der Waals surface area contributed by atoms with E-state index in [1.165, 1.54) is 38.5 Å². The minimum absolute atomic E-state index is 0.375. The van der Waals surface area contributed by atoms with Gasteiger partial charge in [-0.1, -0.05) is 18.6 Å². The molecule has 1 aliphatic rings. The Morgan fingerprint density at radius 3 is 2.42 bits per heavy atom. The van der Waals surface area contributed by atoms with Crippen molar-refractivity contribution in [3.8, 4) is 5.75 Å². The third kappa shape index (κ3) is 6.25. The van der Waals surface area contributed by atoms with Gasteiger partial charge in [-0.15, -0.1) is 0 Å². The summed E-state index contributed by atoms with van der Waals surface area (Å²) in [6.07, 6.45) is 5.16. The van der Waals surface area contributed by atoms with E-state index in [4.69, 9.17) is 9.53 Å². The van der Waals surface area contributed by atoms with Crippen molar-refractivity contribution in [2.45, 2.75) is 31.7 Å². The number of hydrogen-bond donors (Lipinski definition) is 1. The Morgan fingerprint density at radius 1 is 1.26 bits per heavy atom. The molecule has 1 aromatic carbocycles. The van der Waals surface area contributed by atoms with Crippen molar-refractivity contribution in [1.29, 1.82) is 0 Å². The molecule has 0 radical (unpaired) electrons. The Bertz CT molecular complexity index is 345. The lowest BCUT2D eigenvalue weighted by Gasteiger charge is -2.23. The summed E-state index contributed by atoms with van der Waals surface area (Å²) >= 11 is 0. The molecule has 0 saturated carbocycles. The fourth-order valence-corrected chi connectivity index (χ4v) is 2.14. The van der Waals surface area contributed by atoms with Crippen LogP contribution in [-0.4, -0.2) is 33.3 Å². The first kappa shape index (κ1) is 15.5. The molecule has 1 fully saturated rings. The van der Waals surface area contributed by atoms with Gasteiger partial charge in [-0.05, 0) is 43.5 Å². The van der Waals surface area contributed by atoms with Crippen LogP contribution in [0.15, 0.2) is 24.3 Å². The SMILES string of the molecule is COC=O.COc1ccc(C[C@@H]2CCCCN2)cc1. The highest BCUT2D eigenvalue weighted by Gasteiger charge is 2.12. The number of ether oxygens (including phenoxy) is 2. The van der Waals surface area contributed by atoms with Gasteiger partial charge in [0.05, 0.1) is 14.2 Å². The van der Waals surface area contributed by atoms with Gasteiger partial charge in [0.25, 0.3) is 6.47 Å². The molecule has 106 valence electrons. The summed E-state index contributed by atoms with van der Waals surface area (Å²) in [5.74, 6) is 0.940.